The van der Waals surface area contributed by atoms with Crippen LogP contribution in [0.25, 0.3) is 32.8 Å². The Morgan fingerprint density at radius 3 is 2.19 bits per heavy atom. The van der Waals surface area contributed by atoms with Gasteiger partial charge in [0, 0.05) is 18.0 Å². The van der Waals surface area contributed by atoms with Crippen molar-refractivity contribution in [2.45, 2.75) is 0 Å². The van der Waals surface area contributed by atoms with Crippen LogP contribution in [0.3, 0.4) is 0 Å². The standard InChI is InChI=1S/C27H20N2O2/c1-29-23-17-8-7-15-22(23)25(30)24(21-16-9-13-18-10-5-6-14-20(18)21)26(29)28-27(31)19-11-3-2-4-12-19/h2-17H,1H3,(H,28,31). The van der Waals surface area contributed by atoms with E-state index in [1.165, 1.54) is 0 Å². The van der Waals surface area contributed by atoms with Crippen molar-refractivity contribution >= 4 is 33.4 Å². The fourth-order valence-corrected chi connectivity index (χ4v) is 4.10. The van der Waals surface area contributed by atoms with E-state index < -0.39 is 0 Å². The fourth-order valence-electron chi connectivity index (χ4n) is 4.10. The van der Waals surface area contributed by atoms with Crippen LogP contribution in [0.5, 0.6) is 0 Å². The van der Waals surface area contributed by atoms with Gasteiger partial charge >= 0.3 is 0 Å². The Bertz CT molecular complexity index is 1500. The SMILES string of the molecule is Cn1c(NC(=O)c2ccccc2)c(-c2cccc3ccccc23)c(=O)c2ccccc21. The molecule has 1 N–H and O–H groups in total. The third-order valence-corrected chi connectivity index (χ3v) is 5.64. The Morgan fingerprint density at radius 1 is 0.742 bits per heavy atom. The van der Waals surface area contributed by atoms with E-state index in [2.05, 4.69) is 5.32 Å². The number of para-hydroxylation sites is 1. The van der Waals surface area contributed by atoms with E-state index in [9.17, 15) is 9.59 Å². The molecule has 0 spiro atoms. The lowest BCUT2D eigenvalue weighted by molar-refractivity contribution is 0.102. The number of fused-ring (bicyclic) bond motifs is 2. The molecule has 0 fully saturated rings. The van der Waals surface area contributed by atoms with Gasteiger partial charge in [0.1, 0.15) is 5.82 Å². The Kier molecular flexibility index (Phi) is 4.60. The van der Waals surface area contributed by atoms with E-state index in [1.807, 2.05) is 96.5 Å². The lowest BCUT2D eigenvalue weighted by Gasteiger charge is -2.19. The van der Waals surface area contributed by atoms with Crippen molar-refractivity contribution < 1.29 is 4.79 Å². The van der Waals surface area contributed by atoms with Crippen LogP contribution in [0.4, 0.5) is 5.82 Å². The number of aromatic nitrogens is 1. The van der Waals surface area contributed by atoms with Crippen LogP contribution < -0.4 is 10.7 Å². The number of amides is 1. The highest BCUT2D eigenvalue weighted by atomic mass is 16.1. The van der Waals surface area contributed by atoms with E-state index >= 15 is 0 Å². The molecule has 4 aromatic carbocycles. The zero-order chi connectivity index (χ0) is 21.4. The first-order valence-electron chi connectivity index (χ1n) is 10.1. The number of carbonyl (C=O) groups excluding carboxylic acids is 1. The monoisotopic (exact) mass is 404 g/mol. The molecular formula is C27H20N2O2. The number of aryl methyl sites for hydroxylation is 1. The van der Waals surface area contributed by atoms with Crippen molar-refractivity contribution in [1.82, 2.24) is 4.57 Å². The Balaban J connectivity index is 1.83. The molecule has 0 aliphatic rings. The minimum absolute atomic E-state index is 0.103. The van der Waals surface area contributed by atoms with Gasteiger partial charge in [-0.25, -0.2) is 0 Å². The predicted octanol–water partition coefficient (Wildman–Crippen LogP) is 5.61. The maximum atomic E-state index is 13.7. The van der Waals surface area contributed by atoms with Gasteiger partial charge in [0.25, 0.3) is 5.91 Å². The van der Waals surface area contributed by atoms with Gasteiger partial charge in [0.05, 0.1) is 11.1 Å². The van der Waals surface area contributed by atoms with Crippen LogP contribution in [0.15, 0.2) is 102 Å². The lowest BCUT2D eigenvalue weighted by atomic mass is 9.96. The lowest BCUT2D eigenvalue weighted by Crippen LogP contribution is -2.21. The van der Waals surface area contributed by atoms with Crippen LogP contribution >= 0.6 is 0 Å². The third-order valence-electron chi connectivity index (χ3n) is 5.64. The topological polar surface area (TPSA) is 51.1 Å². The molecule has 0 bridgehead atoms. The number of anilines is 1. The molecule has 4 heteroatoms. The van der Waals surface area contributed by atoms with E-state index in [0.29, 0.717) is 22.3 Å². The van der Waals surface area contributed by atoms with Gasteiger partial charge in [0.2, 0.25) is 0 Å². The van der Waals surface area contributed by atoms with E-state index in [-0.39, 0.29) is 11.3 Å². The van der Waals surface area contributed by atoms with Crippen molar-refractivity contribution in [3.63, 3.8) is 0 Å². The summed E-state index contributed by atoms with van der Waals surface area (Å²) in [7, 11) is 1.87. The molecule has 0 unspecified atom stereocenters. The molecule has 1 heterocycles. The number of hydrogen-bond donors (Lipinski definition) is 1. The van der Waals surface area contributed by atoms with Crippen molar-refractivity contribution in [1.29, 1.82) is 0 Å². The molecule has 150 valence electrons. The highest BCUT2D eigenvalue weighted by Gasteiger charge is 2.20. The first-order chi connectivity index (χ1) is 15.1. The zero-order valence-corrected chi connectivity index (χ0v) is 17.0. The van der Waals surface area contributed by atoms with Crippen LogP contribution in [0.1, 0.15) is 10.4 Å². The Labute approximate surface area is 179 Å². The average Bonchev–Trinajstić information content (AvgIpc) is 2.83. The van der Waals surface area contributed by atoms with Crippen molar-refractivity contribution in [2.75, 3.05) is 5.32 Å². The zero-order valence-electron chi connectivity index (χ0n) is 17.0. The summed E-state index contributed by atoms with van der Waals surface area (Å²) in [4.78, 5) is 26.7. The molecule has 5 aromatic rings. The second kappa shape index (κ2) is 7.58. The number of benzene rings is 4. The van der Waals surface area contributed by atoms with Gasteiger partial charge in [-0.3, -0.25) is 9.59 Å². The third kappa shape index (κ3) is 3.19. The summed E-state index contributed by atoms with van der Waals surface area (Å²) in [5.41, 5.74) is 2.48. The minimum atomic E-state index is -0.257. The molecule has 31 heavy (non-hydrogen) atoms. The Morgan fingerprint density at radius 2 is 1.39 bits per heavy atom. The molecule has 0 aliphatic carbocycles. The van der Waals surface area contributed by atoms with Gasteiger partial charge in [-0.1, -0.05) is 72.8 Å². The van der Waals surface area contributed by atoms with E-state index in [1.54, 1.807) is 12.1 Å². The molecule has 0 saturated carbocycles. The van der Waals surface area contributed by atoms with Crippen LogP contribution in [-0.2, 0) is 7.05 Å². The van der Waals surface area contributed by atoms with Crippen molar-refractivity contribution in [2.24, 2.45) is 7.05 Å². The number of rotatable bonds is 3. The fraction of sp³-hybridized carbons (Fsp3) is 0.0370. The molecule has 0 aliphatic heterocycles. The smallest absolute Gasteiger partial charge is 0.256 e. The first-order valence-corrected chi connectivity index (χ1v) is 10.1. The van der Waals surface area contributed by atoms with Gasteiger partial charge in [-0.15, -0.1) is 0 Å². The van der Waals surface area contributed by atoms with E-state index in [4.69, 9.17) is 0 Å². The summed E-state index contributed by atoms with van der Waals surface area (Å²) >= 11 is 0. The number of nitrogens with one attached hydrogen (secondary N) is 1. The summed E-state index contributed by atoms with van der Waals surface area (Å²) in [5.74, 6) is 0.223. The summed E-state index contributed by atoms with van der Waals surface area (Å²) in [5, 5.41) is 5.63. The maximum absolute atomic E-state index is 13.7. The summed E-state index contributed by atoms with van der Waals surface area (Å²) in [6, 6.07) is 30.3. The van der Waals surface area contributed by atoms with Crippen LogP contribution in [0.2, 0.25) is 0 Å². The quantitative estimate of drug-likeness (QED) is 0.425. The number of nitrogens with zero attached hydrogens (tertiary/aromatic N) is 1. The normalized spacial score (nSPS) is 11.0. The molecule has 1 amide bonds. The summed E-state index contributed by atoms with van der Waals surface area (Å²) in [6.45, 7) is 0. The summed E-state index contributed by atoms with van der Waals surface area (Å²) < 4.78 is 1.88. The largest absolute Gasteiger partial charge is 0.330 e. The van der Waals surface area contributed by atoms with Crippen LogP contribution in [-0.4, -0.2) is 10.5 Å². The molecule has 1 aromatic heterocycles. The molecule has 4 nitrogen and oxygen atoms in total. The second-order valence-electron chi connectivity index (χ2n) is 7.48. The minimum Gasteiger partial charge on any atom is -0.330 e. The van der Waals surface area contributed by atoms with E-state index in [0.717, 1.165) is 21.9 Å². The van der Waals surface area contributed by atoms with Gasteiger partial charge in [-0.2, -0.15) is 0 Å². The average molecular weight is 404 g/mol. The first kappa shape index (κ1) is 18.8. The molecule has 0 radical (unpaired) electrons. The highest BCUT2D eigenvalue weighted by Crippen LogP contribution is 2.33. The van der Waals surface area contributed by atoms with Crippen molar-refractivity contribution in [3.05, 3.63) is 113 Å². The summed E-state index contributed by atoms with van der Waals surface area (Å²) in [6.07, 6.45) is 0. The van der Waals surface area contributed by atoms with Crippen LogP contribution in [0, 0.1) is 0 Å². The van der Waals surface area contributed by atoms with Gasteiger partial charge in [-0.05, 0) is 40.6 Å². The molecule has 0 saturated heterocycles. The Hall–Kier alpha value is -4.18. The molecule has 0 atom stereocenters. The maximum Gasteiger partial charge on any atom is 0.256 e. The highest BCUT2D eigenvalue weighted by molar-refractivity contribution is 6.09. The molecule has 5 rings (SSSR count). The number of pyridine rings is 1. The second-order valence-corrected chi connectivity index (χ2v) is 7.48. The molecular weight excluding hydrogens is 384 g/mol. The number of hydrogen-bond acceptors (Lipinski definition) is 2. The number of carbonyl (C=O) groups is 1. The van der Waals surface area contributed by atoms with Crippen molar-refractivity contribution in [3.8, 4) is 11.1 Å². The van der Waals surface area contributed by atoms with Gasteiger partial charge in [0.15, 0.2) is 5.43 Å². The van der Waals surface area contributed by atoms with Gasteiger partial charge < -0.3 is 9.88 Å². The predicted molar refractivity (Wildman–Crippen MR) is 127 cm³/mol.